The smallest absolute Gasteiger partial charge is 0.270 e. The van der Waals surface area contributed by atoms with Crippen molar-refractivity contribution in [2.45, 2.75) is 6.54 Å². The van der Waals surface area contributed by atoms with E-state index in [0.717, 1.165) is 27.7 Å². The Bertz CT molecular complexity index is 1210. The molecule has 1 heterocycles. The van der Waals surface area contributed by atoms with Crippen molar-refractivity contribution < 1.29 is 14.5 Å². The number of non-ortho nitro benzene ring substituents is 1. The van der Waals surface area contributed by atoms with Crippen LogP contribution < -0.4 is 0 Å². The van der Waals surface area contributed by atoms with E-state index in [0.29, 0.717) is 5.56 Å². The van der Waals surface area contributed by atoms with Crippen LogP contribution >= 0.6 is 0 Å². The number of nitro benzene ring substituents is 1. The highest BCUT2D eigenvalue weighted by Gasteiger charge is 2.36. The number of rotatable bonds is 4. The maximum absolute atomic E-state index is 12.6. The molecule has 0 atom stereocenters. The lowest BCUT2D eigenvalue weighted by Gasteiger charge is -2.14. The molecule has 0 fully saturated rings. The zero-order valence-corrected chi connectivity index (χ0v) is 15.0. The van der Waals surface area contributed by atoms with Crippen molar-refractivity contribution in [3.05, 3.63) is 99.1 Å². The van der Waals surface area contributed by atoms with E-state index < -0.39 is 16.7 Å². The van der Waals surface area contributed by atoms with Gasteiger partial charge in [-0.25, -0.2) is 0 Å². The van der Waals surface area contributed by atoms with Crippen LogP contribution in [-0.4, -0.2) is 21.6 Å². The minimum absolute atomic E-state index is 0.0452. The van der Waals surface area contributed by atoms with E-state index in [9.17, 15) is 25.0 Å². The van der Waals surface area contributed by atoms with Gasteiger partial charge in [-0.1, -0.05) is 42.5 Å². The standard InChI is InChI=1S/C22H13N3O4/c23-12-16-3-1-2-4-18(16)15-7-5-14(6-8-15)13-24-21(26)19-10-9-17(25(28)29)11-20(19)22(24)27/h1-11H,13H2. The largest absolute Gasteiger partial charge is 0.270 e. The molecule has 0 unspecified atom stereocenters. The van der Waals surface area contributed by atoms with Gasteiger partial charge in [0.2, 0.25) is 0 Å². The summed E-state index contributed by atoms with van der Waals surface area (Å²) in [6, 6.07) is 20.3. The van der Waals surface area contributed by atoms with Gasteiger partial charge in [-0.15, -0.1) is 0 Å². The van der Waals surface area contributed by atoms with E-state index >= 15 is 0 Å². The van der Waals surface area contributed by atoms with Gasteiger partial charge < -0.3 is 0 Å². The number of imide groups is 1. The third-order valence-electron chi connectivity index (χ3n) is 4.82. The SMILES string of the molecule is N#Cc1ccccc1-c1ccc(CN2C(=O)c3ccc([N+](=O)[O-])cc3C2=O)cc1. The molecule has 0 N–H and O–H groups in total. The van der Waals surface area contributed by atoms with Crippen LogP contribution in [0, 0.1) is 21.4 Å². The fourth-order valence-corrected chi connectivity index (χ4v) is 3.34. The van der Waals surface area contributed by atoms with Crippen LogP contribution in [-0.2, 0) is 6.54 Å². The summed E-state index contributed by atoms with van der Waals surface area (Å²) in [5.41, 5.74) is 2.92. The predicted octanol–water partition coefficient (Wildman–Crippen LogP) is 3.93. The number of nitro groups is 1. The third kappa shape index (κ3) is 3.13. The predicted molar refractivity (Wildman–Crippen MR) is 104 cm³/mol. The van der Waals surface area contributed by atoms with Gasteiger partial charge in [-0.05, 0) is 28.8 Å². The average molecular weight is 383 g/mol. The number of nitriles is 1. The summed E-state index contributed by atoms with van der Waals surface area (Å²) in [7, 11) is 0. The molecule has 3 aromatic rings. The van der Waals surface area contributed by atoms with Gasteiger partial charge in [0.25, 0.3) is 17.5 Å². The van der Waals surface area contributed by atoms with Crippen LogP contribution in [0.5, 0.6) is 0 Å². The van der Waals surface area contributed by atoms with Crippen molar-refractivity contribution in [3.8, 4) is 17.2 Å². The minimum atomic E-state index is -0.599. The van der Waals surface area contributed by atoms with Crippen LogP contribution in [0.4, 0.5) is 5.69 Å². The Morgan fingerprint density at radius 3 is 2.28 bits per heavy atom. The highest BCUT2D eigenvalue weighted by molar-refractivity contribution is 6.21. The van der Waals surface area contributed by atoms with Gasteiger partial charge in [-0.2, -0.15) is 5.26 Å². The van der Waals surface area contributed by atoms with E-state index in [2.05, 4.69) is 6.07 Å². The highest BCUT2D eigenvalue weighted by atomic mass is 16.6. The number of nitrogens with zero attached hydrogens (tertiary/aromatic N) is 3. The molecule has 0 saturated heterocycles. The molecule has 0 radical (unpaired) electrons. The quantitative estimate of drug-likeness (QED) is 0.386. The third-order valence-corrected chi connectivity index (χ3v) is 4.82. The molecule has 1 aliphatic rings. The van der Waals surface area contributed by atoms with Gasteiger partial charge >= 0.3 is 0 Å². The second kappa shape index (κ2) is 7.02. The summed E-state index contributed by atoms with van der Waals surface area (Å²) in [4.78, 5) is 36.6. The number of hydrogen-bond acceptors (Lipinski definition) is 5. The highest BCUT2D eigenvalue weighted by Crippen LogP contribution is 2.29. The van der Waals surface area contributed by atoms with Crippen LogP contribution in [0.25, 0.3) is 11.1 Å². The first kappa shape index (κ1) is 18.1. The molecule has 0 spiro atoms. The number of benzene rings is 3. The fraction of sp³-hybridized carbons (Fsp3) is 0.0455. The summed E-state index contributed by atoms with van der Waals surface area (Å²) in [5.74, 6) is -1.02. The van der Waals surface area contributed by atoms with Crippen molar-refractivity contribution in [3.63, 3.8) is 0 Å². The molecule has 140 valence electrons. The van der Waals surface area contributed by atoms with Gasteiger partial charge in [-0.3, -0.25) is 24.6 Å². The Hall–Kier alpha value is -4.31. The lowest BCUT2D eigenvalue weighted by molar-refractivity contribution is -0.384. The minimum Gasteiger partial charge on any atom is -0.270 e. The second-order valence-corrected chi connectivity index (χ2v) is 6.54. The monoisotopic (exact) mass is 383 g/mol. The topological polar surface area (TPSA) is 104 Å². The number of carbonyl (C=O) groups is 2. The first-order chi connectivity index (χ1) is 14.0. The Morgan fingerprint density at radius 1 is 0.897 bits per heavy atom. The molecule has 7 nitrogen and oxygen atoms in total. The molecule has 29 heavy (non-hydrogen) atoms. The summed E-state index contributed by atoms with van der Waals surface area (Å²) in [6.45, 7) is 0.0559. The fourth-order valence-electron chi connectivity index (χ4n) is 3.34. The molecule has 2 amide bonds. The van der Waals surface area contributed by atoms with Crippen molar-refractivity contribution in [2.24, 2.45) is 0 Å². The van der Waals surface area contributed by atoms with Crippen LogP contribution in [0.1, 0.15) is 31.8 Å². The molecule has 1 aliphatic heterocycles. The van der Waals surface area contributed by atoms with Crippen LogP contribution in [0.3, 0.4) is 0 Å². The molecular formula is C22H13N3O4. The maximum atomic E-state index is 12.6. The van der Waals surface area contributed by atoms with Gasteiger partial charge in [0.1, 0.15) is 0 Å². The normalized spacial score (nSPS) is 12.6. The molecule has 0 bridgehead atoms. The number of carbonyl (C=O) groups excluding carboxylic acids is 2. The van der Waals surface area contributed by atoms with Crippen molar-refractivity contribution in [1.82, 2.24) is 4.90 Å². The first-order valence-electron chi connectivity index (χ1n) is 8.72. The molecule has 0 saturated carbocycles. The van der Waals surface area contributed by atoms with Gasteiger partial charge in [0.15, 0.2) is 0 Å². The van der Waals surface area contributed by atoms with E-state index in [-0.39, 0.29) is 23.4 Å². The van der Waals surface area contributed by atoms with Crippen molar-refractivity contribution in [2.75, 3.05) is 0 Å². The van der Waals surface area contributed by atoms with E-state index in [4.69, 9.17) is 0 Å². The Labute approximate surface area is 165 Å². The molecule has 0 aromatic heterocycles. The zero-order chi connectivity index (χ0) is 20.5. The summed E-state index contributed by atoms with van der Waals surface area (Å²) >= 11 is 0. The molecular weight excluding hydrogens is 370 g/mol. The number of amides is 2. The number of hydrogen-bond donors (Lipinski definition) is 0. The van der Waals surface area contributed by atoms with Crippen molar-refractivity contribution in [1.29, 1.82) is 5.26 Å². The van der Waals surface area contributed by atoms with Crippen LogP contribution in [0.2, 0.25) is 0 Å². The average Bonchev–Trinajstić information content (AvgIpc) is 2.98. The number of fused-ring (bicyclic) bond motifs is 1. The molecule has 7 heteroatoms. The second-order valence-electron chi connectivity index (χ2n) is 6.54. The zero-order valence-electron chi connectivity index (χ0n) is 15.0. The van der Waals surface area contributed by atoms with E-state index in [1.54, 1.807) is 24.3 Å². The van der Waals surface area contributed by atoms with E-state index in [1.165, 1.54) is 12.1 Å². The Balaban J connectivity index is 1.59. The maximum Gasteiger partial charge on any atom is 0.270 e. The van der Waals surface area contributed by atoms with Gasteiger partial charge in [0, 0.05) is 12.1 Å². The molecule has 3 aromatic carbocycles. The lowest BCUT2D eigenvalue weighted by atomic mass is 9.99. The van der Waals surface area contributed by atoms with E-state index in [1.807, 2.05) is 24.3 Å². The summed E-state index contributed by atoms with van der Waals surface area (Å²) in [5, 5.41) is 20.2. The van der Waals surface area contributed by atoms with Crippen LogP contribution in [0.15, 0.2) is 66.7 Å². The molecule has 4 rings (SSSR count). The summed E-state index contributed by atoms with van der Waals surface area (Å²) < 4.78 is 0. The Morgan fingerprint density at radius 2 is 1.59 bits per heavy atom. The Kier molecular flexibility index (Phi) is 4.37. The van der Waals surface area contributed by atoms with Crippen molar-refractivity contribution >= 4 is 17.5 Å². The summed E-state index contributed by atoms with van der Waals surface area (Å²) in [6.07, 6.45) is 0. The lowest BCUT2D eigenvalue weighted by Crippen LogP contribution is -2.29. The van der Waals surface area contributed by atoms with Gasteiger partial charge in [0.05, 0.1) is 34.2 Å². The first-order valence-corrected chi connectivity index (χ1v) is 8.72. The molecule has 0 aliphatic carbocycles.